The van der Waals surface area contributed by atoms with Crippen molar-refractivity contribution in [2.45, 2.75) is 24.2 Å². The molecule has 4 atom stereocenters. The number of hydrogen-bond acceptors (Lipinski definition) is 10. The Morgan fingerprint density at radius 1 is 1.44 bits per heavy atom. The monoisotopic (exact) mass is 376 g/mol. The lowest BCUT2D eigenvalue weighted by Crippen LogP contribution is -2.54. The molecule has 138 valence electrons. The Bertz CT molecular complexity index is 826. The highest BCUT2D eigenvalue weighted by atomic mass is 31.2. The highest BCUT2D eigenvalue weighted by Gasteiger charge is 2.57. The molecule has 1 saturated heterocycles. The van der Waals surface area contributed by atoms with Gasteiger partial charge in [-0.2, -0.15) is 0 Å². The number of aliphatic hydroxyl groups is 1. The predicted octanol–water partition coefficient (Wildman–Crippen LogP) is -2.14. The Balaban J connectivity index is 2.09. The molecule has 0 aromatic carbocycles. The molecule has 0 spiro atoms. The van der Waals surface area contributed by atoms with Gasteiger partial charge in [-0.3, -0.25) is 14.8 Å². The van der Waals surface area contributed by atoms with Crippen LogP contribution in [-0.4, -0.2) is 66.4 Å². The molecule has 0 unspecified atom stereocenters. The molecule has 0 radical (unpaired) electrons. The highest BCUT2D eigenvalue weighted by Crippen LogP contribution is 2.45. The first-order valence-corrected chi connectivity index (χ1v) is 8.52. The van der Waals surface area contributed by atoms with Crippen LogP contribution in [0.15, 0.2) is 12.7 Å². The molecule has 0 bridgehead atoms. The second-order valence-electron chi connectivity index (χ2n) is 5.35. The van der Waals surface area contributed by atoms with Crippen LogP contribution in [0.4, 0.5) is 5.82 Å². The number of hydrogen-bond donors (Lipinski definition) is 5. The van der Waals surface area contributed by atoms with Crippen LogP contribution in [0, 0.1) is 0 Å². The molecule has 1 fully saturated rings. The summed E-state index contributed by atoms with van der Waals surface area (Å²) in [6.45, 7) is -0.618. The minimum atomic E-state index is -4.90. The molecule has 0 saturated carbocycles. The highest BCUT2D eigenvalue weighted by molar-refractivity contribution is 7.46. The molecular weight excluding hydrogens is 359 g/mol. The Morgan fingerprint density at radius 3 is 2.76 bits per heavy atom. The van der Waals surface area contributed by atoms with E-state index in [4.69, 9.17) is 35.3 Å². The van der Waals surface area contributed by atoms with Crippen molar-refractivity contribution in [2.75, 3.05) is 19.5 Å². The van der Waals surface area contributed by atoms with E-state index < -0.39 is 38.6 Å². The first-order valence-electron chi connectivity index (χ1n) is 6.99. The van der Waals surface area contributed by atoms with E-state index in [0.717, 1.165) is 0 Å². The number of anilines is 1. The van der Waals surface area contributed by atoms with Crippen molar-refractivity contribution in [1.82, 2.24) is 19.5 Å². The van der Waals surface area contributed by atoms with Crippen LogP contribution in [0.3, 0.4) is 0 Å². The van der Waals surface area contributed by atoms with Gasteiger partial charge in [-0.25, -0.2) is 19.5 Å². The lowest BCUT2D eigenvalue weighted by Gasteiger charge is -2.31. The summed E-state index contributed by atoms with van der Waals surface area (Å²) >= 11 is 0. The number of imidazole rings is 1. The number of methoxy groups -OCH3 is 1. The fourth-order valence-corrected chi connectivity index (χ4v) is 3.40. The van der Waals surface area contributed by atoms with Crippen molar-refractivity contribution in [3.8, 4) is 0 Å². The maximum absolute atomic E-state index is 11.2. The number of ether oxygens (including phenoxy) is 2. The topological polar surface area (TPSA) is 201 Å². The van der Waals surface area contributed by atoms with Gasteiger partial charge in [0.15, 0.2) is 11.5 Å². The fraction of sp³-hybridized carbons (Fsp3) is 0.545. The van der Waals surface area contributed by atoms with Crippen LogP contribution in [-0.2, 0) is 24.4 Å². The standard InChI is InChI=1S/C11H17N6O7P/c1-22-8-7(24-25(19,20)21)5(2-18)23-11(8,13)17-4-16-6-9(12)14-3-15-10(6)17/h3-5,7-8,18H,2,13H2,1H3,(H2,12,14,15)(H2,19,20,21)/t5-,7-,8-,11+/m1/s1. The SMILES string of the molecule is CO[C@@H]1[C@H](OP(=O)(O)O)[C@@H](CO)O[C@@]1(N)n1cnc2c(N)ncnc21. The Hall–Kier alpha value is -1.70. The van der Waals surface area contributed by atoms with Gasteiger partial charge in [-0.15, -0.1) is 0 Å². The quantitative estimate of drug-likeness (QED) is 0.355. The third-order valence-electron chi connectivity index (χ3n) is 3.84. The largest absolute Gasteiger partial charge is 0.470 e. The summed E-state index contributed by atoms with van der Waals surface area (Å²) in [7, 11) is -3.64. The lowest BCUT2D eigenvalue weighted by molar-refractivity contribution is -0.149. The van der Waals surface area contributed by atoms with Gasteiger partial charge in [-0.05, 0) is 0 Å². The van der Waals surface area contributed by atoms with E-state index in [-0.39, 0.29) is 17.0 Å². The van der Waals surface area contributed by atoms with E-state index in [9.17, 15) is 9.67 Å². The molecule has 2 aromatic heterocycles. The van der Waals surface area contributed by atoms with Crippen molar-refractivity contribution in [1.29, 1.82) is 0 Å². The number of nitrogens with two attached hydrogens (primary N) is 2. The zero-order chi connectivity index (χ0) is 18.4. The predicted molar refractivity (Wildman–Crippen MR) is 81.6 cm³/mol. The average molecular weight is 376 g/mol. The van der Waals surface area contributed by atoms with E-state index in [0.29, 0.717) is 0 Å². The normalized spacial score (nSPS) is 30.2. The maximum atomic E-state index is 11.2. The summed E-state index contributed by atoms with van der Waals surface area (Å²) < 4.78 is 28.1. The molecule has 13 nitrogen and oxygen atoms in total. The second-order valence-corrected chi connectivity index (χ2v) is 6.55. The lowest BCUT2D eigenvalue weighted by atomic mass is 10.1. The summed E-state index contributed by atoms with van der Waals surface area (Å²) in [5, 5.41) is 9.49. The van der Waals surface area contributed by atoms with E-state index >= 15 is 0 Å². The maximum Gasteiger partial charge on any atom is 0.470 e. The van der Waals surface area contributed by atoms with E-state index in [1.807, 2.05) is 0 Å². The summed E-state index contributed by atoms with van der Waals surface area (Å²) in [5.41, 5.74) is 12.5. The molecule has 25 heavy (non-hydrogen) atoms. The van der Waals surface area contributed by atoms with Crippen LogP contribution >= 0.6 is 7.82 Å². The van der Waals surface area contributed by atoms with Crippen LogP contribution in [0.2, 0.25) is 0 Å². The van der Waals surface area contributed by atoms with Crippen LogP contribution in [0.1, 0.15) is 0 Å². The average Bonchev–Trinajstić information content (AvgIpc) is 3.07. The summed E-state index contributed by atoms with van der Waals surface area (Å²) in [4.78, 5) is 30.2. The molecular formula is C11H17N6O7P. The van der Waals surface area contributed by atoms with Gasteiger partial charge in [0, 0.05) is 7.11 Å². The Kier molecular flexibility index (Phi) is 4.51. The van der Waals surface area contributed by atoms with Crippen molar-refractivity contribution in [3.63, 3.8) is 0 Å². The van der Waals surface area contributed by atoms with Crippen LogP contribution < -0.4 is 11.5 Å². The van der Waals surface area contributed by atoms with Crippen LogP contribution in [0.25, 0.3) is 11.2 Å². The molecule has 2 aromatic rings. The van der Waals surface area contributed by atoms with Gasteiger partial charge in [0.2, 0.25) is 5.85 Å². The number of aromatic nitrogens is 4. The molecule has 1 aliphatic heterocycles. The van der Waals surface area contributed by atoms with Gasteiger partial charge < -0.3 is 30.1 Å². The molecule has 1 aliphatic rings. The summed E-state index contributed by atoms with van der Waals surface area (Å²) in [5.74, 6) is -1.71. The summed E-state index contributed by atoms with van der Waals surface area (Å²) in [6.07, 6.45) is -1.25. The van der Waals surface area contributed by atoms with Gasteiger partial charge in [0.1, 0.15) is 36.5 Å². The van der Waals surface area contributed by atoms with Gasteiger partial charge in [0.05, 0.1) is 6.61 Å². The minimum absolute atomic E-state index is 0.112. The number of fused-ring (bicyclic) bond motifs is 1. The van der Waals surface area contributed by atoms with E-state index in [2.05, 4.69) is 15.0 Å². The number of rotatable bonds is 5. The molecule has 0 amide bonds. The molecule has 3 heterocycles. The molecule has 14 heteroatoms. The zero-order valence-corrected chi connectivity index (χ0v) is 13.9. The molecule has 3 rings (SSSR count). The fourth-order valence-electron chi connectivity index (χ4n) is 2.84. The zero-order valence-electron chi connectivity index (χ0n) is 13.0. The molecule has 0 aliphatic carbocycles. The Morgan fingerprint density at radius 2 is 2.16 bits per heavy atom. The van der Waals surface area contributed by atoms with E-state index in [1.54, 1.807) is 0 Å². The van der Waals surface area contributed by atoms with Gasteiger partial charge in [-0.1, -0.05) is 0 Å². The number of aliphatic hydroxyl groups excluding tert-OH is 1. The minimum Gasteiger partial charge on any atom is -0.394 e. The first kappa shape index (κ1) is 18.1. The number of phosphoric ester groups is 1. The van der Waals surface area contributed by atoms with Gasteiger partial charge in [0.25, 0.3) is 0 Å². The first-order chi connectivity index (χ1) is 11.7. The molecule has 7 N–H and O–H groups in total. The third kappa shape index (κ3) is 3.01. The number of phosphoric acid groups is 1. The summed E-state index contributed by atoms with van der Waals surface area (Å²) in [6, 6.07) is 0. The third-order valence-corrected chi connectivity index (χ3v) is 4.36. The second kappa shape index (κ2) is 6.23. The van der Waals surface area contributed by atoms with E-state index in [1.165, 1.54) is 24.3 Å². The Labute approximate surface area is 140 Å². The smallest absolute Gasteiger partial charge is 0.394 e. The number of nitrogen functional groups attached to an aromatic ring is 1. The van der Waals surface area contributed by atoms with Crippen molar-refractivity contribution < 1.29 is 33.5 Å². The van der Waals surface area contributed by atoms with Gasteiger partial charge >= 0.3 is 7.82 Å². The van der Waals surface area contributed by atoms with Crippen molar-refractivity contribution in [2.24, 2.45) is 5.73 Å². The number of nitrogens with zero attached hydrogens (tertiary/aromatic N) is 4. The van der Waals surface area contributed by atoms with Crippen LogP contribution in [0.5, 0.6) is 0 Å². The van der Waals surface area contributed by atoms with Crippen molar-refractivity contribution >= 4 is 24.8 Å². The van der Waals surface area contributed by atoms with Crippen molar-refractivity contribution in [3.05, 3.63) is 12.7 Å².